The van der Waals surface area contributed by atoms with E-state index in [0.717, 1.165) is 28.9 Å². The van der Waals surface area contributed by atoms with Crippen LogP contribution in [-0.2, 0) is 6.42 Å². The molecular weight excluding hydrogens is 500 g/mol. The topological polar surface area (TPSA) is 68.8 Å². The molecule has 4 aromatic rings. The van der Waals surface area contributed by atoms with E-state index in [4.69, 9.17) is 14.2 Å². The highest BCUT2D eigenvalue weighted by Gasteiger charge is 2.19. The Labute approximate surface area is 237 Å². The second-order valence-electron chi connectivity index (χ2n) is 9.85. The number of hydrogen-bond donors (Lipinski definition) is 2. The zero-order chi connectivity index (χ0) is 28.3. The molecule has 0 saturated carbocycles. The average Bonchev–Trinajstić information content (AvgIpc) is 2.95. The third-order valence-corrected chi connectivity index (χ3v) is 6.20. The molecule has 0 heterocycles. The van der Waals surface area contributed by atoms with Gasteiger partial charge in [-0.05, 0) is 73.2 Å². The predicted octanol–water partition coefficient (Wildman–Crippen LogP) is 8.49. The average molecular weight is 539 g/mol. The molecule has 6 heteroatoms. The smallest absolute Gasteiger partial charge is 0.323 e. The SMILES string of the molecule is CCOc1ccc(NC(=O)Nc2ccc(OC(c3ccccc3)c3ccccc3)c(CC(C)C)c2)cc1OCC. The second-order valence-corrected chi connectivity index (χ2v) is 9.85. The van der Waals surface area contributed by atoms with Crippen LogP contribution in [0.15, 0.2) is 97.1 Å². The van der Waals surface area contributed by atoms with E-state index in [1.54, 1.807) is 18.2 Å². The van der Waals surface area contributed by atoms with Crippen LogP contribution in [0.1, 0.15) is 50.5 Å². The highest BCUT2D eigenvalue weighted by molar-refractivity contribution is 6.00. The van der Waals surface area contributed by atoms with Crippen molar-refractivity contribution in [1.82, 2.24) is 0 Å². The van der Waals surface area contributed by atoms with Gasteiger partial charge in [-0.2, -0.15) is 0 Å². The number of ether oxygens (including phenoxy) is 3. The summed E-state index contributed by atoms with van der Waals surface area (Å²) in [6.45, 7) is 9.20. The van der Waals surface area contributed by atoms with Gasteiger partial charge in [0.1, 0.15) is 11.9 Å². The molecule has 0 atom stereocenters. The molecular formula is C34H38N2O4. The van der Waals surface area contributed by atoms with Gasteiger partial charge in [0.2, 0.25) is 0 Å². The number of benzene rings is 4. The Morgan fingerprint density at radius 1 is 0.675 bits per heavy atom. The highest BCUT2D eigenvalue weighted by atomic mass is 16.5. The van der Waals surface area contributed by atoms with E-state index in [1.165, 1.54) is 0 Å². The van der Waals surface area contributed by atoms with Crippen molar-refractivity contribution in [3.05, 3.63) is 114 Å². The maximum Gasteiger partial charge on any atom is 0.323 e. The van der Waals surface area contributed by atoms with Crippen molar-refractivity contribution in [3.63, 3.8) is 0 Å². The summed E-state index contributed by atoms with van der Waals surface area (Å²) in [6, 6.07) is 31.3. The van der Waals surface area contributed by atoms with Crippen LogP contribution >= 0.6 is 0 Å². The molecule has 0 aliphatic rings. The fraction of sp³-hybridized carbons (Fsp3) is 0.265. The van der Waals surface area contributed by atoms with Crippen LogP contribution in [0.5, 0.6) is 17.2 Å². The van der Waals surface area contributed by atoms with Crippen molar-refractivity contribution in [3.8, 4) is 17.2 Å². The number of rotatable bonds is 12. The number of amides is 2. The monoisotopic (exact) mass is 538 g/mol. The molecule has 0 fully saturated rings. The van der Waals surface area contributed by atoms with E-state index in [1.807, 2.05) is 68.4 Å². The van der Waals surface area contributed by atoms with E-state index < -0.39 is 0 Å². The van der Waals surface area contributed by atoms with Gasteiger partial charge in [-0.3, -0.25) is 0 Å². The first kappa shape index (κ1) is 28.6. The molecule has 4 aromatic carbocycles. The van der Waals surface area contributed by atoms with Crippen molar-refractivity contribution < 1.29 is 19.0 Å². The molecule has 0 saturated heterocycles. The van der Waals surface area contributed by atoms with Gasteiger partial charge in [0.05, 0.1) is 13.2 Å². The summed E-state index contributed by atoms with van der Waals surface area (Å²) in [5.74, 6) is 2.44. The minimum atomic E-state index is -0.345. The Morgan fingerprint density at radius 3 is 1.75 bits per heavy atom. The quantitative estimate of drug-likeness (QED) is 0.190. The minimum absolute atomic E-state index is 0.255. The fourth-order valence-electron chi connectivity index (χ4n) is 4.50. The number of nitrogens with one attached hydrogen (secondary N) is 2. The molecule has 208 valence electrons. The van der Waals surface area contributed by atoms with Gasteiger partial charge >= 0.3 is 6.03 Å². The second kappa shape index (κ2) is 14.1. The number of carbonyl (C=O) groups excluding carboxylic acids is 1. The minimum Gasteiger partial charge on any atom is -0.490 e. The van der Waals surface area contributed by atoms with Crippen molar-refractivity contribution in [2.45, 2.75) is 40.2 Å². The maximum atomic E-state index is 12.9. The lowest BCUT2D eigenvalue weighted by Crippen LogP contribution is -2.20. The van der Waals surface area contributed by atoms with Gasteiger partial charge < -0.3 is 24.8 Å². The summed E-state index contributed by atoms with van der Waals surface area (Å²) in [6.07, 6.45) is 0.550. The van der Waals surface area contributed by atoms with Crippen molar-refractivity contribution >= 4 is 17.4 Å². The molecule has 0 bridgehead atoms. The van der Waals surface area contributed by atoms with Crippen molar-refractivity contribution in [2.24, 2.45) is 5.92 Å². The fourth-order valence-corrected chi connectivity index (χ4v) is 4.50. The van der Waals surface area contributed by atoms with Crippen LogP contribution in [0.4, 0.5) is 16.2 Å². The lowest BCUT2D eigenvalue weighted by atomic mass is 9.99. The maximum absolute atomic E-state index is 12.9. The third kappa shape index (κ3) is 7.79. The molecule has 40 heavy (non-hydrogen) atoms. The Balaban J connectivity index is 1.54. The van der Waals surface area contributed by atoms with Gasteiger partial charge in [-0.1, -0.05) is 74.5 Å². The molecule has 0 unspecified atom stereocenters. The zero-order valence-corrected chi connectivity index (χ0v) is 23.6. The normalized spacial score (nSPS) is 10.8. The lowest BCUT2D eigenvalue weighted by Gasteiger charge is -2.23. The van der Waals surface area contributed by atoms with Crippen molar-refractivity contribution in [1.29, 1.82) is 0 Å². The zero-order valence-electron chi connectivity index (χ0n) is 23.6. The summed E-state index contributed by atoms with van der Waals surface area (Å²) in [5, 5.41) is 5.85. The third-order valence-electron chi connectivity index (χ3n) is 6.20. The first-order valence-electron chi connectivity index (χ1n) is 13.8. The summed E-state index contributed by atoms with van der Waals surface area (Å²) in [5.41, 5.74) is 4.48. The molecule has 0 aliphatic carbocycles. The Hall–Kier alpha value is -4.45. The summed E-state index contributed by atoms with van der Waals surface area (Å²) >= 11 is 0. The van der Waals surface area contributed by atoms with Gasteiger partial charge in [-0.15, -0.1) is 0 Å². The Morgan fingerprint density at radius 2 is 1.20 bits per heavy atom. The standard InChI is InChI=1S/C34H38N2O4/c1-5-38-31-20-18-29(23-32(31)39-6-2)36-34(37)35-28-17-19-30(27(22-28)21-24(3)4)40-33(25-13-9-7-10-14-25)26-15-11-8-12-16-26/h7-20,22-24,33H,5-6,21H2,1-4H3,(H2,35,36,37). The molecule has 2 amide bonds. The van der Waals surface area contributed by atoms with Crippen LogP contribution in [0.2, 0.25) is 0 Å². The number of anilines is 2. The first-order valence-corrected chi connectivity index (χ1v) is 13.8. The van der Waals surface area contributed by atoms with Gasteiger partial charge in [0.15, 0.2) is 11.5 Å². The number of carbonyl (C=O) groups is 1. The van der Waals surface area contributed by atoms with Crippen LogP contribution in [-0.4, -0.2) is 19.2 Å². The largest absolute Gasteiger partial charge is 0.490 e. The highest BCUT2D eigenvalue weighted by Crippen LogP contribution is 2.34. The molecule has 0 aliphatic heterocycles. The van der Waals surface area contributed by atoms with Crippen LogP contribution in [0.25, 0.3) is 0 Å². The summed E-state index contributed by atoms with van der Waals surface area (Å²) in [7, 11) is 0. The summed E-state index contributed by atoms with van der Waals surface area (Å²) < 4.78 is 18.0. The van der Waals surface area contributed by atoms with E-state index in [-0.39, 0.29) is 12.1 Å². The molecule has 0 radical (unpaired) electrons. The van der Waals surface area contributed by atoms with Crippen LogP contribution < -0.4 is 24.8 Å². The van der Waals surface area contributed by atoms with E-state index >= 15 is 0 Å². The van der Waals surface area contributed by atoms with Crippen molar-refractivity contribution in [2.75, 3.05) is 23.8 Å². The molecule has 2 N–H and O–H groups in total. The van der Waals surface area contributed by atoms with Crippen LogP contribution in [0, 0.1) is 5.92 Å². The van der Waals surface area contributed by atoms with Gasteiger partial charge in [0, 0.05) is 17.4 Å². The Kier molecular flexibility index (Phi) is 10.1. The van der Waals surface area contributed by atoms with Crippen LogP contribution in [0.3, 0.4) is 0 Å². The van der Waals surface area contributed by atoms with E-state index in [2.05, 4.69) is 48.7 Å². The molecule has 4 rings (SSSR count). The first-order chi connectivity index (χ1) is 19.5. The number of hydrogen-bond acceptors (Lipinski definition) is 4. The van der Waals surface area contributed by atoms with E-state index in [0.29, 0.717) is 42.0 Å². The Bertz CT molecular complexity index is 1330. The molecule has 0 aromatic heterocycles. The van der Waals surface area contributed by atoms with Gasteiger partial charge in [-0.25, -0.2) is 4.79 Å². The molecule has 6 nitrogen and oxygen atoms in total. The molecule has 0 spiro atoms. The number of urea groups is 1. The van der Waals surface area contributed by atoms with Gasteiger partial charge in [0.25, 0.3) is 0 Å². The predicted molar refractivity (Wildman–Crippen MR) is 162 cm³/mol. The summed E-state index contributed by atoms with van der Waals surface area (Å²) in [4.78, 5) is 12.9. The lowest BCUT2D eigenvalue weighted by molar-refractivity contribution is 0.244. The van der Waals surface area contributed by atoms with E-state index in [9.17, 15) is 4.79 Å².